The molecule has 0 spiro atoms. The minimum atomic E-state index is -3.77. The van der Waals surface area contributed by atoms with E-state index in [2.05, 4.69) is 9.82 Å². The van der Waals surface area contributed by atoms with Crippen LogP contribution in [0.4, 0.5) is 5.82 Å². The van der Waals surface area contributed by atoms with Gasteiger partial charge in [0.1, 0.15) is 11.9 Å². The fourth-order valence-corrected chi connectivity index (χ4v) is 4.95. The number of aromatic nitrogens is 2. The zero-order valence-corrected chi connectivity index (χ0v) is 15.6. The van der Waals surface area contributed by atoms with Crippen LogP contribution in [0.3, 0.4) is 0 Å². The van der Waals surface area contributed by atoms with Gasteiger partial charge in [0.05, 0.1) is 18.9 Å². The summed E-state index contributed by atoms with van der Waals surface area (Å²) in [6, 6.07) is 0.722. The molecule has 2 aliphatic heterocycles. The molecule has 0 radical (unpaired) electrons. The monoisotopic (exact) mass is 371 g/mol. The van der Waals surface area contributed by atoms with Gasteiger partial charge < -0.3 is 4.74 Å². The number of hydrogen-bond acceptors (Lipinski definition) is 5. The summed E-state index contributed by atoms with van der Waals surface area (Å²) in [5.41, 5.74) is 0. The molecular weight excluding hydrogens is 346 g/mol. The van der Waals surface area contributed by atoms with E-state index in [9.17, 15) is 13.2 Å². The van der Waals surface area contributed by atoms with Gasteiger partial charge >= 0.3 is 0 Å². The Kier molecular flexibility index (Phi) is 5.14. The zero-order valence-electron chi connectivity index (χ0n) is 14.8. The van der Waals surface area contributed by atoms with Crippen molar-refractivity contribution in [1.29, 1.82) is 0 Å². The van der Waals surface area contributed by atoms with Crippen molar-refractivity contribution >= 4 is 21.9 Å². The third kappa shape index (κ3) is 3.71. The third-order valence-corrected chi connectivity index (χ3v) is 6.37. The number of nitrogens with zero attached hydrogens (tertiary/aromatic N) is 4. The van der Waals surface area contributed by atoms with Crippen molar-refractivity contribution < 1.29 is 17.9 Å². The van der Waals surface area contributed by atoms with Gasteiger partial charge in [0.2, 0.25) is 5.91 Å². The second-order valence-corrected chi connectivity index (χ2v) is 8.34. The minimum absolute atomic E-state index is 0.166. The summed E-state index contributed by atoms with van der Waals surface area (Å²) in [5.74, 6) is 0.426. The van der Waals surface area contributed by atoms with Crippen molar-refractivity contribution in [2.75, 3.05) is 24.6 Å². The minimum Gasteiger partial charge on any atom is -0.375 e. The van der Waals surface area contributed by atoms with E-state index >= 15 is 0 Å². The smallest absolute Gasteiger partial charge is 0.280 e. The first-order valence-corrected chi connectivity index (χ1v) is 9.93. The summed E-state index contributed by atoms with van der Waals surface area (Å²) in [4.78, 5) is 14.4. The number of amides is 1. The Balaban J connectivity index is 1.75. The lowest BCUT2D eigenvalue weighted by atomic mass is 10.1. The molecule has 1 N–H and O–H groups in total. The van der Waals surface area contributed by atoms with E-state index in [4.69, 9.17) is 4.74 Å². The molecule has 3 atom stereocenters. The quantitative estimate of drug-likeness (QED) is 0.795. The number of rotatable bonds is 4. The highest BCUT2D eigenvalue weighted by atomic mass is 32.2. The molecule has 0 bridgehead atoms. The first kappa shape index (κ1) is 18.3. The summed E-state index contributed by atoms with van der Waals surface area (Å²) in [7, 11) is -2.01. The van der Waals surface area contributed by atoms with E-state index in [0.29, 0.717) is 25.4 Å². The van der Waals surface area contributed by atoms with Crippen molar-refractivity contribution in [3.8, 4) is 0 Å². The van der Waals surface area contributed by atoms with E-state index in [1.807, 2.05) is 6.92 Å². The Labute approximate surface area is 148 Å². The van der Waals surface area contributed by atoms with E-state index in [-0.39, 0.29) is 24.6 Å². The molecule has 3 rings (SSSR count). The lowest BCUT2D eigenvalue weighted by Gasteiger charge is -2.38. The number of morpholine rings is 1. The second kappa shape index (κ2) is 7.02. The van der Waals surface area contributed by atoms with Crippen molar-refractivity contribution in [2.24, 2.45) is 7.05 Å². The predicted molar refractivity (Wildman–Crippen MR) is 92.2 cm³/mol. The molecule has 25 heavy (non-hydrogen) atoms. The number of aryl methyl sites for hydroxylation is 1. The third-order valence-electron chi connectivity index (χ3n) is 4.66. The highest BCUT2D eigenvalue weighted by Gasteiger charge is 2.38. The highest BCUT2D eigenvalue weighted by Crippen LogP contribution is 2.22. The largest absolute Gasteiger partial charge is 0.375 e. The van der Waals surface area contributed by atoms with Crippen molar-refractivity contribution in [1.82, 2.24) is 18.8 Å². The Morgan fingerprint density at radius 3 is 2.80 bits per heavy atom. The van der Waals surface area contributed by atoms with Gasteiger partial charge in [-0.15, -0.1) is 0 Å². The SMILES string of the molecule is C[C@@H]1CN(S(=O)(=O)N[C@H]2CCCN(c3ccnn3C)C2=O)[C@@H](C)CO1. The summed E-state index contributed by atoms with van der Waals surface area (Å²) in [6.07, 6.45) is 2.66. The molecule has 0 unspecified atom stereocenters. The molecular formula is C15H25N5O4S. The number of nitrogens with one attached hydrogen (secondary N) is 1. The first-order valence-electron chi connectivity index (χ1n) is 8.49. The molecule has 3 heterocycles. The molecule has 0 aromatic carbocycles. The molecule has 1 aromatic heterocycles. The Morgan fingerprint density at radius 2 is 2.12 bits per heavy atom. The average molecular weight is 371 g/mol. The Hall–Kier alpha value is -1.49. The zero-order chi connectivity index (χ0) is 18.2. The van der Waals surface area contributed by atoms with Gasteiger partial charge in [-0.2, -0.15) is 22.5 Å². The van der Waals surface area contributed by atoms with Gasteiger partial charge in [-0.1, -0.05) is 0 Å². The van der Waals surface area contributed by atoms with Crippen LogP contribution in [-0.4, -0.2) is 66.3 Å². The maximum Gasteiger partial charge on any atom is 0.280 e. The highest BCUT2D eigenvalue weighted by molar-refractivity contribution is 7.87. The van der Waals surface area contributed by atoms with Crippen LogP contribution < -0.4 is 9.62 Å². The van der Waals surface area contributed by atoms with Crippen LogP contribution in [0.15, 0.2) is 12.3 Å². The molecule has 1 amide bonds. The van der Waals surface area contributed by atoms with Crippen molar-refractivity contribution in [3.05, 3.63) is 12.3 Å². The molecule has 140 valence electrons. The van der Waals surface area contributed by atoms with E-state index in [0.717, 1.165) is 6.42 Å². The standard InChI is InChI=1S/C15H25N5O4S/c1-11-10-24-12(2)9-20(11)25(22,23)17-13-5-4-8-19(15(13)21)14-6-7-16-18(14)3/h6-7,11-13,17H,4-5,8-10H2,1-3H3/t11-,12+,13-/m0/s1. The van der Waals surface area contributed by atoms with Gasteiger partial charge in [0.15, 0.2) is 0 Å². The molecule has 1 aromatic rings. The Morgan fingerprint density at radius 1 is 1.36 bits per heavy atom. The average Bonchev–Trinajstić information content (AvgIpc) is 2.97. The van der Waals surface area contributed by atoms with Crippen LogP contribution >= 0.6 is 0 Å². The lowest BCUT2D eigenvalue weighted by molar-refractivity contribution is -0.121. The van der Waals surface area contributed by atoms with Crippen LogP contribution in [0.25, 0.3) is 0 Å². The summed E-state index contributed by atoms with van der Waals surface area (Å²) in [6.45, 7) is 4.83. The predicted octanol–water partition coefficient (Wildman–Crippen LogP) is -0.141. The Bertz CT molecular complexity index is 734. The molecule has 0 aliphatic carbocycles. The van der Waals surface area contributed by atoms with E-state index in [1.54, 1.807) is 35.8 Å². The summed E-state index contributed by atoms with van der Waals surface area (Å²) < 4.78 is 36.7. The van der Waals surface area contributed by atoms with Crippen LogP contribution in [0, 0.1) is 0 Å². The molecule has 0 saturated carbocycles. The molecule has 9 nitrogen and oxygen atoms in total. The van der Waals surface area contributed by atoms with Gasteiger partial charge in [0, 0.05) is 32.2 Å². The first-order chi connectivity index (χ1) is 11.8. The molecule has 10 heteroatoms. The fourth-order valence-electron chi connectivity index (χ4n) is 3.30. The number of ether oxygens (including phenoxy) is 1. The van der Waals surface area contributed by atoms with Gasteiger partial charge in [-0.05, 0) is 26.7 Å². The van der Waals surface area contributed by atoms with Crippen LogP contribution in [-0.2, 0) is 26.8 Å². The van der Waals surface area contributed by atoms with E-state index in [1.165, 1.54) is 4.31 Å². The number of piperidine rings is 1. The maximum atomic E-state index is 12.8. The van der Waals surface area contributed by atoms with Crippen molar-refractivity contribution in [3.63, 3.8) is 0 Å². The molecule has 2 aliphatic rings. The fraction of sp³-hybridized carbons (Fsp3) is 0.733. The van der Waals surface area contributed by atoms with E-state index < -0.39 is 16.3 Å². The lowest BCUT2D eigenvalue weighted by Crippen LogP contribution is -2.59. The van der Waals surface area contributed by atoms with Gasteiger partial charge in [0.25, 0.3) is 10.2 Å². The normalized spacial score (nSPS) is 29.2. The molecule has 2 fully saturated rings. The summed E-state index contributed by atoms with van der Waals surface area (Å²) >= 11 is 0. The van der Waals surface area contributed by atoms with Gasteiger partial charge in [-0.3, -0.25) is 14.4 Å². The van der Waals surface area contributed by atoms with Crippen molar-refractivity contribution in [2.45, 2.75) is 44.9 Å². The summed E-state index contributed by atoms with van der Waals surface area (Å²) in [5, 5.41) is 4.08. The van der Waals surface area contributed by atoms with Crippen LogP contribution in [0.5, 0.6) is 0 Å². The number of carbonyl (C=O) groups is 1. The van der Waals surface area contributed by atoms with Crippen LogP contribution in [0.1, 0.15) is 26.7 Å². The van der Waals surface area contributed by atoms with Gasteiger partial charge in [-0.25, -0.2) is 0 Å². The molecule has 2 saturated heterocycles. The number of carbonyl (C=O) groups excluding carboxylic acids is 1. The maximum absolute atomic E-state index is 12.8. The van der Waals surface area contributed by atoms with Crippen LogP contribution in [0.2, 0.25) is 0 Å². The topological polar surface area (TPSA) is 96.8 Å². The number of anilines is 1. The second-order valence-electron chi connectivity index (χ2n) is 6.68. The number of hydrogen-bond donors (Lipinski definition) is 1.